The highest BCUT2D eigenvalue weighted by atomic mass is 127. The van der Waals surface area contributed by atoms with Gasteiger partial charge in [-0.05, 0) is 58.4 Å². The van der Waals surface area contributed by atoms with Crippen molar-refractivity contribution in [1.82, 2.24) is 25.3 Å². The Balaban J connectivity index is 0.00000900. The average molecular weight is 551 g/mol. The van der Waals surface area contributed by atoms with Gasteiger partial charge in [0, 0.05) is 46.0 Å². The molecule has 31 heavy (non-hydrogen) atoms. The molecule has 0 radical (unpaired) electrons. The van der Waals surface area contributed by atoms with Crippen LogP contribution in [-0.4, -0.2) is 65.1 Å². The highest BCUT2D eigenvalue weighted by molar-refractivity contribution is 14.0. The van der Waals surface area contributed by atoms with Gasteiger partial charge in [-0.15, -0.1) is 24.0 Å². The van der Waals surface area contributed by atoms with Crippen molar-refractivity contribution in [2.45, 2.75) is 72.4 Å². The molecule has 1 aromatic rings. The SMILES string of the molecule is CCNC(=NCCCc1cnn(C)c1)N(C)CCC(NC(=O)OC(C)(C)C)C(C)C.I. The molecule has 2 N–H and O–H groups in total. The third-order valence-corrected chi connectivity index (χ3v) is 4.62. The van der Waals surface area contributed by atoms with Crippen LogP contribution in [0.25, 0.3) is 0 Å². The van der Waals surface area contributed by atoms with E-state index in [9.17, 15) is 4.79 Å². The van der Waals surface area contributed by atoms with Crippen LogP contribution >= 0.6 is 24.0 Å². The Bertz CT molecular complexity index is 669. The second kappa shape index (κ2) is 14.5. The van der Waals surface area contributed by atoms with E-state index in [2.05, 4.69) is 41.4 Å². The van der Waals surface area contributed by atoms with Gasteiger partial charge in [-0.25, -0.2) is 4.79 Å². The number of ether oxygens (including phenoxy) is 1. The molecule has 0 aromatic carbocycles. The Morgan fingerprint density at radius 1 is 1.35 bits per heavy atom. The number of rotatable bonds is 10. The van der Waals surface area contributed by atoms with Gasteiger partial charge in [0.2, 0.25) is 0 Å². The summed E-state index contributed by atoms with van der Waals surface area (Å²) in [5.41, 5.74) is 0.738. The third-order valence-electron chi connectivity index (χ3n) is 4.62. The fraction of sp³-hybridized carbons (Fsp3) is 0.773. The standard InChI is InChI=1S/C22H42N6O2.HI/c1-9-23-20(24-13-10-11-18-15-25-28(8)16-18)27(7)14-12-19(17(2)3)26-21(29)30-22(4,5)6;/h15-17,19H,9-14H2,1-8H3,(H,23,24)(H,26,29);1H. The molecule has 0 saturated carbocycles. The Labute approximate surface area is 205 Å². The summed E-state index contributed by atoms with van der Waals surface area (Å²) >= 11 is 0. The molecule has 9 heteroatoms. The molecule has 0 saturated heterocycles. The lowest BCUT2D eigenvalue weighted by Crippen LogP contribution is -2.45. The summed E-state index contributed by atoms with van der Waals surface area (Å²) in [7, 11) is 3.97. The van der Waals surface area contributed by atoms with Crippen molar-refractivity contribution in [1.29, 1.82) is 0 Å². The molecule has 0 aliphatic heterocycles. The lowest BCUT2D eigenvalue weighted by molar-refractivity contribution is 0.0486. The minimum atomic E-state index is -0.497. The van der Waals surface area contributed by atoms with E-state index >= 15 is 0 Å². The summed E-state index contributed by atoms with van der Waals surface area (Å²) in [6.45, 7) is 14.3. The van der Waals surface area contributed by atoms with Crippen molar-refractivity contribution in [2.75, 3.05) is 26.7 Å². The lowest BCUT2D eigenvalue weighted by Gasteiger charge is -2.28. The van der Waals surface area contributed by atoms with Gasteiger partial charge in [0.05, 0.1) is 6.20 Å². The van der Waals surface area contributed by atoms with Crippen LogP contribution < -0.4 is 10.6 Å². The van der Waals surface area contributed by atoms with E-state index < -0.39 is 5.60 Å². The third kappa shape index (κ3) is 12.8. The first-order valence-corrected chi connectivity index (χ1v) is 11.0. The number of hydrogen-bond acceptors (Lipinski definition) is 4. The Morgan fingerprint density at radius 2 is 2.03 bits per heavy atom. The van der Waals surface area contributed by atoms with Gasteiger partial charge in [-0.2, -0.15) is 5.10 Å². The van der Waals surface area contributed by atoms with E-state index in [1.54, 1.807) is 0 Å². The number of nitrogens with zero attached hydrogens (tertiary/aromatic N) is 4. The summed E-state index contributed by atoms with van der Waals surface area (Å²) in [5, 5.41) is 10.6. The lowest BCUT2D eigenvalue weighted by atomic mass is 10.0. The number of nitrogens with one attached hydrogen (secondary N) is 2. The Morgan fingerprint density at radius 3 is 2.55 bits per heavy atom. The molecule has 0 aliphatic rings. The second-order valence-corrected chi connectivity index (χ2v) is 9.07. The number of alkyl carbamates (subject to hydrolysis) is 1. The predicted octanol–water partition coefficient (Wildman–Crippen LogP) is 3.81. The summed E-state index contributed by atoms with van der Waals surface area (Å²) < 4.78 is 7.24. The van der Waals surface area contributed by atoms with Crippen LogP contribution in [0.2, 0.25) is 0 Å². The zero-order valence-corrected chi connectivity index (χ0v) is 22.9. The Hall–Kier alpha value is -1.52. The average Bonchev–Trinajstić information content (AvgIpc) is 3.04. The smallest absolute Gasteiger partial charge is 0.407 e. The normalized spacial score (nSPS) is 12.9. The topological polar surface area (TPSA) is 83.8 Å². The zero-order chi connectivity index (χ0) is 22.7. The minimum absolute atomic E-state index is 0. The van der Waals surface area contributed by atoms with E-state index in [1.165, 1.54) is 5.56 Å². The van der Waals surface area contributed by atoms with Crippen LogP contribution in [-0.2, 0) is 18.2 Å². The molecule has 8 nitrogen and oxygen atoms in total. The molecule has 1 heterocycles. The van der Waals surface area contributed by atoms with Gasteiger partial charge < -0.3 is 20.3 Å². The predicted molar refractivity (Wildman–Crippen MR) is 138 cm³/mol. The molecule has 0 bridgehead atoms. The first-order valence-electron chi connectivity index (χ1n) is 11.0. The second-order valence-electron chi connectivity index (χ2n) is 9.07. The summed E-state index contributed by atoms with van der Waals surface area (Å²) in [6.07, 6.45) is 6.35. The molecule has 0 aliphatic carbocycles. The van der Waals surface area contributed by atoms with Gasteiger partial charge in [0.1, 0.15) is 5.60 Å². The summed E-state index contributed by atoms with van der Waals surface area (Å²) in [6, 6.07) is 0.0377. The number of aromatic nitrogens is 2. The maximum absolute atomic E-state index is 12.2. The minimum Gasteiger partial charge on any atom is -0.444 e. The van der Waals surface area contributed by atoms with Crippen molar-refractivity contribution >= 4 is 36.0 Å². The maximum atomic E-state index is 12.2. The summed E-state index contributed by atoms with van der Waals surface area (Å²) in [5.74, 6) is 1.20. The van der Waals surface area contributed by atoms with Gasteiger partial charge in [0.25, 0.3) is 0 Å². The van der Waals surface area contributed by atoms with Crippen LogP contribution in [0.4, 0.5) is 4.79 Å². The Kier molecular flexibility index (Phi) is 13.8. The van der Waals surface area contributed by atoms with Crippen molar-refractivity contribution < 1.29 is 9.53 Å². The molecule has 1 atom stereocenters. The number of aliphatic imine (C=N–C) groups is 1. The van der Waals surface area contributed by atoms with Crippen molar-refractivity contribution in [3.8, 4) is 0 Å². The van der Waals surface area contributed by atoms with Gasteiger partial charge >= 0.3 is 6.09 Å². The van der Waals surface area contributed by atoms with Crippen LogP contribution in [0.1, 0.15) is 59.9 Å². The van der Waals surface area contributed by atoms with Gasteiger partial charge in [-0.1, -0.05) is 13.8 Å². The molecule has 1 unspecified atom stereocenters. The van der Waals surface area contributed by atoms with Crippen molar-refractivity contribution in [3.05, 3.63) is 18.0 Å². The van der Waals surface area contributed by atoms with Crippen molar-refractivity contribution in [2.24, 2.45) is 18.0 Å². The number of carbonyl (C=O) groups excluding carboxylic acids is 1. The molecule has 180 valence electrons. The van der Waals surface area contributed by atoms with E-state index in [4.69, 9.17) is 9.73 Å². The van der Waals surface area contributed by atoms with Crippen LogP contribution in [0.5, 0.6) is 0 Å². The largest absolute Gasteiger partial charge is 0.444 e. The number of amides is 1. The van der Waals surface area contributed by atoms with E-state index in [0.29, 0.717) is 5.92 Å². The molecule has 1 rings (SSSR count). The fourth-order valence-electron chi connectivity index (χ4n) is 3.01. The number of guanidine groups is 1. The maximum Gasteiger partial charge on any atom is 0.407 e. The monoisotopic (exact) mass is 550 g/mol. The van der Waals surface area contributed by atoms with E-state index in [0.717, 1.165) is 44.9 Å². The first kappa shape index (κ1) is 29.5. The highest BCUT2D eigenvalue weighted by Crippen LogP contribution is 2.11. The van der Waals surface area contributed by atoms with Gasteiger partial charge in [-0.3, -0.25) is 9.67 Å². The number of halogens is 1. The molecule has 1 amide bonds. The number of hydrogen-bond donors (Lipinski definition) is 2. The van der Waals surface area contributed by atoms with Crippen LogP contribution in [0, 0.1) is 5.92 Å². The molecule has 0 fully saturated rings. The first-order chi connectivity index (χ1) is 14.0. The molecule has 0 spiro atoms. The van der Waals surface area contributed by atoms with E-state index in [1.807, 2.05) is 51.9 Å². The zero-order valence-electron chi connectivity index (χ0n) is 20.6. The molecular formula is C22H43IN6O2. The number of carbonyl (C=O) groups is 1. The molecule has 1 aromatic heterocycles. The quantitative estimate of drug-likeness (QED) is 0.200. The molecular weight excluding hydrogens is 507 g/mol. The van der Waals surface area contributed by atoms with Crippen LogP contribution in [0.15, 0.2) is 17.4 Å². The number of aryl methyl sites for hydroxylation is 2. The van der Waals surface area contributed by atoms with Gasteiger partial charge in [0.15, 0.2) is 5.96 Å². The van der Waals surface area contributed by atoms with Crippen LogP contribution in [0.3, 0.4) is 0 Å². The highest BCUT2D eigenvalue weighted by Gasteiger charge is 2.22. The summed E-state index contributed by atoms with van der Waals surface area (Å²) in [4.78, 5) is 19.0. The fourth-order valence-corrected chi connectivity index (χ4v) is 3.01. The van der Waals surface area contributed by atoms with Crippen molar-refractivity contribution in [3.63, 3.8) is 0 Å². The van der Waals surface area contributed by atoms with E-state index in [-0.39, 0.29) is 36.1 Å².